The Morgan fingerprint density at radius 2 is 2.05 bits per heavy atom. The maximum absolute atomic E-state index is 11.8. The number of anilines is 1. The van der Waals surface area contributed by atoms with E-state index in [1.54, 1.807) is 0 Å². The van der Waals surface area contributed by atoms with Crippen molar-refractivity contribution in [2.45, 2.75) is 58.1 Å². The van der Waals surface area contributed by atoms with E-state index in [0.29, 0.717) is 0 Å². The predicted molar refractivity (Wildman–Crippen MR) is 80.9 cm³/mol. The minimum absolute atomic E-state index is 0.00650. The van der Waals surface area contributed by atoms with Gasteiger partial charge in [0.1, 0.15) is 5.60 Å². The Labute approximate surface area is 120 Å². The van der Waals surface area contributed by atoms with Crippen LogP contribution in [0.25, 0.3) is 0 Å². The van der Waals surface area contributed by atoms with Crippen LogP contribution in [0.4, 0.5) is 10.5 Å². The van der Waals surface area contributed by atoms with Crippen LogP contribution in [0, 0.1) is 6.92 Å². The second kappa shape index (κ2) is 5.09. The lowest BCUT2D eigenvalue weighted by atomic mass is 10.0. The van der Waals surface area contributed by atoms with E-state index < -0.39 is 11.7 Å². The lowest BCUT2D eigenvalue weighted by Gasteiger charge is -2.20. The van der Waals surface area contributed by atoms with Crippen LogP contribution in [0.5, 0.6) is 0 Å². The number of nitrogens with one attached hydrogen (secondary N) is 1. The summed E-state index contributed by atoms with van der Waals surface area (Å²) in [6, 6.07) is 6.02. The molecule has 0 atom stereocenters. The summed E-state index contributed by atoms with van der Waals surface area (Å²) in [4.78, 5) is 11.8. The molecule has 20 heavy (non-hydrogen) atoms. The van der Waals surface area contributed by atoms with E-state index in [2.05, 4.69) is 11.4 Å². The number of aryl methyl sites for hydroxylation is 1. The van der Waals surface area contributed by atoms with Crippen molar-refractivity contribution in [1.82, 2.24) is 0 Å². The van der Waals surface area contributed by atoms with Gasteiger partial charge in [-0.25, -0.2) is 4.79 Å². The molecule has 0 radical (unpaired) electrons. The molecule has 1 aliphatic carbocycles. The van der Waals surface area contributed by atoms with Gasteiger partial charge in [-0.15, -0.1) is 0 Å². The molecule has 0 aromatic heterocycles. The lowest BCUT2D eigenvalue weighted by Crippen LogP contribution is -2.27. The first kappa shape index (κ1) is 14.9. The number of amides is 1. The van der Waals surface area contributed by atoms with Gasteiger partial charge in [-0.3, -0.25) is 5.32 Å². The number of ether oxygens (including phenoxy) is 1. The van der Waals surface area contributed by atoms with E-state index in [-0.39, 0.29) is 5.54 Å². The highest BCUT2D eigenvalue weighted by Gasteiger charge is 2.37. The van der Waals surface area contributed by atoms with Gasteiger partial charge >= 0.3 is 6.09 Å². The molecular formula is C16H24N2O2. The Balaban J connectivity index is 2.00. The first-order valence-corrected chi connectivity index (χ1v) is 7.05. The van der Waals surface area contributed by atoms with Gasteiger partial charge in [-0.05, 0) is 64.2 Å². The summed E-state index contributed by atoms with van der Waals surface area (Å²) in [6.07, 6.45) is 2.68. The molecule has 1 amide bonds. The SMILES string of the molecule is Cc1cc(CC2(N)CC2)ccc1NC(=O)OC(C)(C)C. The quantitative estimate of drug-likeness (QED) is 0.889. The van der Waals surface area contributed by atoms with Crippen LogP contribution in [-0.4, -0.2) is 17.2 Å². The van der Waals surface area contributed by atoms with Crippen molar-refractivity contribution in [3.8, 4) is 0 Å². The maximum atomic E-state index is 11.8. The van der Waals surface area contributed by atoms with Crippen molar-refractivity contribution in [3.05, 3.63) is 29.3 Å². The summed E-state index contributed by atoms with van der Waals surface area (Å²) in [5.74, 6) is 0. The fourth-order valence-corrected chi connectivity index (χ4v) is 2.13. The molecule has 0 unspecified atom stereocenters. The highest BCUT2D eigenvalue weighted by atomic mass is 16.6. The molecule has 1 aromatic rings. The Morgan fingerprint density at radius 3 is 2.55 bits per heavy atom. The van der Waals surface area contributed by atoms with Gasteiger partial charge in [0, 0.05) is 11.2 Å². The molecule has 0 heterocycles. The van der Waals surface area contributed by atoms with Crippen molar-refractivity contribution in [2.24, 2.45) is 5.73 Å². The second-order valence-corrected chi connectivity index (χ2v) is 6.82. The third kappa shape index (κ3) is 4.23. The average molecular weight is 276 g/mol. The molecule has 4 heteroatoms. The summed E-state index contributed by atoms with van der Waals surface area (Å²) in [5, 5.41) is 2.78. The standard InChI is InChI=1S/C16H24N2O2/c1-11-9-12(10-16(17)7-8-16)5-6-13(11)18-14(19)20-15(2,3)4/h5-6,9H,7-8,10,17H2,1-4H3,(H,18,19). The van der Waals surface area contributed by atoms with Crippen molar-refractivity contribution < 1.29 is 9.53 Å². The topological polar surface area (TPSA) is 64.3 Å². The Kier molecular flexibility index (Phi) is 3.78. The fraction of sp³-hybridized carbons (Fsp3) is 0.562. The van der Waals surface area contributed by atoms with Crippen molar-refractivity contribution in [1.29, 1.82) is 0 Å². The van der Waals surface area contributed by atoms with E-state index in [9.17, 15) is 4.79 Å². The van der Waals surface area contributed by atoms with Crippen molar-refractivity contribution >= 4 is 11.8 Å². The first-order chi connectivity index (χ1) is 9.17. The van der Waals surface area contributed by atoms with Crippen LogP contribution in [0.3, 0.4) is 0 Å². The number of nitrogens with two attached hydrogens (primary N) is 1. The predicted octanol–water partition coefficient (Wildman–Crippen LogP) is 3.38. The zero-order valence-electron chi connectivity index (χ0n) is 12.7. The van der Waals surface area contributed by atoms with Gasteiger partial charge in [0.05, 0.1) is 0 Å². The molecule has 0 aliphatic heterocycles. The fourth-order valence-electron chi connectivity index (χ4n) is 2.13. The Bertz CT molecular complexity index is 514. The maximum Gasteiger partial charge on any atom is 0.412 e. The summed E-state index contributed by atoms with van der Waals surface area (Å²) in [5.41, 5.74) is 8.67. The highest BCUT2D eigenvalue weighted by molar-refractivity contribution is 5.85. The van der Waals surface area contributed by atoms with E-state index in [1.807, 2.05) is 39.8 Å². The van der Waals surface area contributed by atoms with Crippen LogP contribution in [0.2, 0.25) is 0 Å². The van der Waals surface area contributed by atoms with Crippen LogP contribution < -0.4 is 11.1 Å². The van der Waals surface area contributed by atoms with E-state index >= 15 is 0 Å². The molecule has 110 valence electrons. The number of hydrogen-bond donors (Lipinski definition) is 2. The van der Waals surface area contributed by atoms with Crippen LogP contribution >= 0.6 is 0 Å². The Hall–Kier alpha value is -1.55. The van der Waals surface area contributed by atoms with Gasteiger partial charge in [-0.2, -0.15) is 0 Å². The molecule has 0 spiro atoms. The highest BCUT2D eigenvalue weighted by Crippen LogP contribution is 2.36. The molecule has 1 fully saturated rings. The number of carbonyl (C=O) groups is 1. The second-order valence-electron chi connectivity index (χ2n) is 6.82. The Morgan fingerprint density at radius 1 is 1.40 bits per heavy atom. The van der Waals surface area contributed by atoms with E-state index in [4.69, 9.17) is 10.5 Å². The molecule has 1 aromatic carbocycles. The van der Waals surface area contributed by atoms with Crippen LogP contribution in [0.1, 0.15) is 44.7 Å². The van der Waals surface area contributed by atoms with Crippen LogP contribution in [0.15, 0.2) is 18.2 Å². The summed E-state index contributed by atoms with van der Waals surface area (Å²) < 4.78 is 5.25. The summed E-state index contributed by atoms with van der Waals surface area (Å²) >= 11 is 0. The van der Waals surface area contributed by atoms with Gasteiger partial charge in [-0.1, -0.05) is 12.1 Å². The summed E-state index contributed by atoms with van der Waals surface area (Å²) in [7, 11) is 0. The zero-order chi connectivity index (χ0) is 15.0. The van der Waals surface area contributed by atoms with Gasteiger partial charge in [0.2, 0.25) is 0 Å². The number of rotatable bonds is 3. The molecule has 0 saturated heterocycles. The number of benzene rings is 1. The van der Waals surface area contributed by atoms with E-state index in [0.717, 1.165) is 30.5 Å². The average Bonchev–Trinajstić information content (AvgIpc) is 2.97. The monoisotopic (exact) mass is 276 g/mol. The molecule has 3 N–H and O–H groups in total. The lowest BCUT2D eigenvalue weighted by molar-refractivity contribution is 0.0636. The molecule has 2 rings (SSSR count). The first-order valence-electron chi connectivity index (χ1n) is 7.05. The van der Waals surface area contributed by atoms with Crippen LogP contribution in [-0.2, 0) is 11.2 Å². The van der Waals surface area contributed by atoms with Crippen molar-refractivity contribution in [2.75, 3.05) is 5.32 Å². The number of carbonyl (C=O) groups excluding carboxylic acids is 1. The van der Waals surface area contributed by atoms with Gasteiger partial charge < -0.3 is 10.5 Å². The zero-order valence-corrected chi connectivity index (χ0v) is 12.7. The van der Waals surface area contributed by atoms with Crippen molar-refractivity contribution in [3.63, 3.8) is 0 Å². The third-order valence-electron chi connectivity index (χ3n) is 3.37. The molecule has 0 bridgehead atoms. The minimum atomic E-state index is -0.490. The smallest absolute Gasteiger partial charge is 0.412 e. The molecule has 1 aliphatic rings. The minimum Gasteiger partial charge on any atom is -0.444 e. The molecule has 1 saturated carbocycles. The largest absolute Gasteiger partial charge is 0.444 e. The molecular weight excluding hydrogens is 252 g/mol. The van der Waals surface area contributed by atoms with Gasteiger partial charge in [0.15, 0.2) is 0 Å². The third-order valence-corrected chi connectivity index (χ3v) is 3.37. The summed E-state index contributed by atoms with van der Waals surface area (Å²) in [6.45, 7) is 7.52. The molecule has 4 nitrogen and oxygen atoms in total. The number of hydrogen-bond acceptors (Lipinski definition) is 3. The normalized spacial score (nSPS) is 16.6. The van der Waals surface area contributed by atoms with Gasteiger partial charge in [0.25, 0.3) is 0 Å². The van der Waals surface area contributed by atoms with E-state index in [1.165, 1.54) is 5.56 Å².